The third kappa shape index (κ3) is 4.20. The average molecular weight is 290 g/mol. The van der Waals surface area contributed by atoms with Gasteiger partial charge in [-0.3, -0.25) is 4.79 Å². The normalized spacial score (nSPS) is 12.0. The molecule has 0 fully saturated rings. The number of ether oxygens (including phenoxy) is 1. The number of rotatable bonds is 3. The van der Waals surface area contributed by atoms with Crippen LogP contribution in [-0.2, 0) is 4.74 Å². The van der Waals surface area contributed by atoms with Crippen molar-refractivity contribution in [1.29, 1.82) is 0 Å². The fourth-order valence-corrected chi connectivity index (χ4v) is 1.70. The average Bonchev–Trinajstić information content (AvgIpc) is 2.77. The predicted octanol–water partition coefficient (Wildman–Crippen LogP) is 1.56. The molecule has 0 saturated heterocycles. The van der Waals surface area contributed by atoms with Crippen LogP contribution in [-0.4, -0.2) is 32.8 Å². The fraction of sp³-hybridized carbons (Fsp3) is 0.357. The van der Waals surface area contributed by atoms with Crippen LogP contribution in [0.2, 0.25) is 0 Å². The predicted molar refractivity (Wildman–Crippen MR) is 79.1 cm³/mol. The van der Waals surface area contributed by atoms with Crippen molar-refractivity contribution in [3.05, 3.63) is 40.6 Å². The van der Waals surface area contributed by atoms with E-state index in [1.807, 2.05) is 0 Å². The van der Waals surface area contributed by atoms with Gasteiger partial charge in [-0.05, 0) is 32.4 Å². The zero-order valence-corrected chi connectivity index (χ0v) is 12.2. The van der Waals surface area contributed by atoms with Gasteiger partial charge in [-0.25, -0.2) is 9.31 Å². The molecule has 21 heavy (non-hydrogen) atoms. The molecule has 0 radical (unpaired) electrons. The summed E-state index contributed by atoms with van der Waals surface area (Å²) in [5.41, 5.74) is 0.583. The minimum Gasteiger partial charge on any atom is -0.444 e. The molecular formula is C14H18N4O3. The Morgan fingerprint density at radius 1 is 1.52 bits per heavy atom. The van der Waals surface area contributed by atoms with Crippen molar-refractivity contribution in [2.45, 2.75) is 26.4 Å². The Balaban J connectivity index is 1.93. The Bertz CT molecular complexity index is 722. The molecule has 0 atom stereocenters. The van der Waals surface area contributed by atoms with E-state index < -0.39 is 11.7 Å². The van der Waals surface area contributed by atoms with E-state index in [4.69, 9.17) is 4.74 Å². The summed E-state index contributed by atoms with van der Waals surface area (Å²) in [5, 5.41) is 6.61. The van der Waals surface area contributed by atoms with Crippen molar-refractivity contribution in [1.82, 2.24) is 19.9 Å². The lowest BCUT2D eigenvalue weighted by atomic mass is 10.2. The quantitative estimate of drug-likeness (QED) is 0.898. The highest BCUT2D eigenvalue weighted by atomic mass is 16.6. The molecule has 2 aromatic rings. The van der Waals surface area contributed by atoms with Crippen molar-refractivity contribution in [2.75, 3.05) is 6.54 Å². The molecule has 0 bridgehead atoms. The summed E-state index contributed by atoms with van der Waals surface area (Å²) >= 11 is 0. The minimum absolute atomic E-state index is 0.198. The highest BCUT2D eigenvalue weighted by Gasteiger charge is 2.14. The van der Waals surface area contributed by atoms with Crippen molar-refractivity contribution in [3.63, 3.8) is 0 Å². The second kappa shape index (κ2) is 5.82. The van der Waals surface area contributed by atoms with Crippen molar-refractivity contribution in [3.8, 4) is 0 Å². The zero-order valence-electron chi connectivity index (χ0n) is 12.2. The van der Waals surface area contributed by atoms with Crippen LogP contribution in [0.15, 0.2) is 29.5 Å². The van der Waals surface area contributed by atoms with E-state index in [-0.39, 0.29) is 5.56 Å². The van der Waals surface area contributed by atoms with Gasteiger partial charge < -0.3 is 15.0 Å². The van der Waals surface area contributed by atoms with E-state index >= 15 is 0 Å². The first kappa shape index (κ1) is 14.8. The van der Waals surface area contributed by atoms with Crippen LogP contribution in [0, 0.1) is 0 Å². The SMILES string of the molecule is CC(C)(C)OC(=O)NCC=Cc1cc2c(=O)[nH]cnn2c1. The van der Waals surface area contributed by atoms with Gasteiger partial charge in [0.1, 0.15) is 17.4 Å². The monoisotopic (exact) mass is 290 g/mol. The van der Waals surface area contributed by atoms with Crippen molar-refractivity contribution >= 4 is 17.7 Å². The number of nitrogens with one attached hydrogen (secondary N) is 2. The molecule has 7 nitrogen and oxygen atoms in total. The highest BCUT2D eigenvalue weighted by Crippen LogP contribution is 2.07. The molecular weight excluding hydrogens is 272 g/mol. The summed E-state index contributed by atoms with van der Waals surface area (Å²) in [5.74, 6) is 0. The molecule has 0 aliphatic heterocycles. The molecule has 0 spiro atoms. The fourth-order valence-electron chi connectivity index (χ4n) is 1.70. The van der Waals surface area contributed by atoms with Crippen molar-refractivity contribution in [2.24, 2.45) is 0 Å². The lowest BCUT2D eigenvalue weighted by molar-refractivity contribution is 0.0534. The Morgan fingerprint density at radius 2 is 2.29 bits per heavy atom. The summed E-state index contributed by atoms with van der Waals surface area (Å²) in [4.78, 5) is 25.5. The molecule has 0 saturated carbocycles. The van der Waals surface area contributed by atoms with Crippen LogP contribution in [0.25, 0.3) is 11.6 Å². The number of carbonyl (C=O) groups excluding carboxylic acids is 1. The summed E-state index contributed by atoms with van der Waals surface area (Å²) in [6, 6.07) is 1.72. The van der Waals surface area contributed by atoms with E-state index in [9.17, 15) is 9.59 Å². The van der Waals surface area contributed by atoms with Crippen LogP contribution in [0.1, 0.15) is 26.3 Å². The Kier molecular flexibility index (Phi) is 4.11. The smallest absolute Gasteiger partial charge is 0.407 e. The van der Waals surface area contributed by atoms with Gasteiger partial charge in [-0.15, -0.1) is 0 Å². The van der Waals surface area contributed by atoms with E-state index in [1.54, 1.807) is 45.2 Å². The lowest BCUT2D eigenvalue weighted by Gasteiger charge is -2.19. The number of amides is 1. The van der Waals surface area contributed by atoms with Gasteiger partial charge in [-0.2, -0.15) is 5.10 Å². The topological polar surface area (TPSA) is 88.5 Å². The van der Waals surface area contributed by atoms with Crippen LogP contribution in [0.3, 0.4) is 0 Å². The van der Waals surface area contributed by atoms with Gasteiger partial charge in [0, 0.05) is 12.7 Å². The van der Waals surface area contributed by atoms with Crippen LogP contribution in [0.5, 0.6) is 0 Å². The van der Waals surface area contributed by atoms with E-state index in [2.05, 4.69) is 15.4 Å². The maximum atomic E-state index is 11.5. The number of aromatic amines is 1. The number of aromatic nitrogens is 3. The first-order chi connectivity index (χ1) is 9.85. The summed E-state index contributed by atoms with van der Waals surface area (Å²) < 4.78 is 6.61. The van der Waals surface area contributed by atoms with Gasteiger partial charge in [0.15, 0.2) is 0 Å². The second-order valence-electron chi connectivity index (χ2n) is 5.51. The summed E-state index contributed by atoms with van der Waals surface area (Å²) in [6.07, 6.45) is 6.17. The zero-order chi connectivity index (χ0) is 15.5. The standard InChI is InChI=1S/C14H18N4O3/c1-14(2,3)21-13(20)15-6-4-5-10-7-11-12(19)16-9-17-18(11)8-10/h4-5,7-9H,6H2,1-3H3,(H,15,20)(H,16,17,19). The minimum atomic E-state index is -0.513. The van der Waals surface area contributed by atoms with Gasteiger partial charge in [0.25, 0.3) is 5.56 Å². The van der Waals surface area contributed by atoms with Gasteiger partial charge in [-0.1, -0.05) is 12.2 Å². The molecule has 0 aliphatic carbocycles. The maximum Gasteiger partial charge on any atom is 0.407 e. The Hall–Kier alpha value is -2.57. The largest absolute Gasteiger partial charge is 0.444 e. The third-order valence-electron chi connectivity index (χ3n) is 2.51. The van der Waals surface area contributed by atoms with E-state index in [1.165, 1.54) is 10.8 Å². The third-order valence-corrected chi connectivity index (χ3v) is 2.51. The van der Waals surface area contributed by atoms with Crippen LogP contribution >= 0.6 is 0 Å². The summed E-state index contributed by atoms with van der Waals surface area (Å²) in [6.45, 7) is 5.75. The Morgan fingerprint density at radius 3 is 2.95 bits per heavy atom. The number of hydrogen-bond donors (Lipinski definition) is 2. The molecule has 7 heteroatoms. The molecule has 0 unspecified atom stereocenters. The van der Waals surface area contributed by atoms with Gasteiger partial charge in [0.2, 0.25) is 0 Å². The molecule has 2 rings (SSSR count). The first-order valence-electron chi connectivity index (χ1n) is 6.55. The van der Waals surface area contributed by atoms with Gasteiger partial charge in [0.05, 0.1) is 0 Å². The van der Waals surface area contributed by atoms with Gasteiger partial charge >= 0.3 is 6.09 Å². The van der Waals surface area contributed by atoms with E-state index in [0.29, 0.717) is 12.1 Å². The number of alkyl carbamates (subject to hydrolysis) is 1. The lowest BCUT2D eigenvalue weighted by Crippen LogP contribution is -2.32. The number of nitrogens with zero attached hydrogens (tertiary/aromatic N) is 2. The van der Waals surface area contributed by atoms with Crippen molar-refractivity contribution < 1.29 is 9.53 Å². The van der Waals surface area contributed by atoms with E-state index in [0.717, 1.165) is 5.56 Å². The number of fused-ring (bicyclic) bond motifs is 1. The molecule has 1 amide bonds. The maximum absolute atomic E-state index is 11.5. The Labute approximate surface area is 121 Å². The molecule has 0 aliphatic rings. The second-order valence-corrected chi connectivity index (χ2v) is 5.51. The molecule has 2 N–H and O–H groups in total. The first-order valence-corrected chi connectivity index (χ1v) is 6.55. The molecule has 2 heterocycles. The molecule has 2 aromatic heterocycles. The number of H-pyrrole nitrogens is 1. The van der Waals surface area contributed by atoms with Crippen LogP contribution in [0.4, 0.5) is 4.79 Å². The molecule has 112 valence electrons. The summed E-state index contributed by atoms with van der Waals surface area (Å²) in [7, 11) is 0. The number of carbonyl (C=O) groups is 1. The highest BCUT2D eigenvalue weighted by molar-refractivity contribution is 5.68. The number of hydrogen-bond acceptors (Lipinski definition) is 4. The van der Waals surface area contributed by atoms with Crippen LogP contribution < -0.4 is 10.9 Å². The molecule has 0 aromatic carbocycles.